The maximum absolute atomic E-state index is 12.5. The van der Waals surface area contributed by atoms with Gasteiger partial charge in [0.2, 0.25) is 0 Å². The van der Waals surface area contributed by atoms with Crippen LogP contribution in [0.25, 0.3) is 0 Å². The van der Waals surface area contributed by atoms with Crippen LogP contribution in [0.2, 0.25) is 5.02 Å². The largest absolute Gasteiger partial charge is 0.399 e. The summed E-state index contributed by atoms with van der Waals surface area (Å²) in [5.41, 5.74) is 15.2. The number of hydrogen-bond donors (Lipinski definition) is 2. The van der Waals surface area contributed by atoms with Crippen molar-refractivity contribution in [2.45, 2.75) is 13.8 Å². The van der Waals surface area contributed by atoms with E-state index in [1.54, 1.807) is 30.3 Å². The highest BCUT2D eigenvalue weighted by atomic mass is 35.5. The van der Waals surface area contributed by atoms with Gasteiger partial charge in [0.05, 0.1) is 0 Å². The summed E-state index contributed by atoms with van der Waals surface area (Å²) in [5, 5.41) is 0.654. The number of benzene rings is 2. The van der Waals surface area contributed by atoms with Crippen molar-refractivity contribution < 1.29 is 4.79 Å². The van der Waals surface area contributed by atoms with E-state index in [2.05, 4.69) is 0 Å². The van der Waals surface area contributed by atoms with Crippen LogP contribution in [0.5, 0.6) is 0 Å². The van der Waals surface area contributed by atoms with Gasteiger partial charge in [-0.2, -0.15) is 0 Å². The summed E-state index contributed by atoms with van der Waals surface area (Å²) in [6.07, 6.45) is 0. The minimum absolute atomic E-state index is 0.101. The van der Waals surface area contributed by atoms with Gasteiger partial charge >= 0.3 is 0 Å². The highest BCUT2D eigenvalue weighted by molar-refractivity contribution is 6.31. The molecule has 98 valence electrons. The fourth-order valence-corrected chi connectivity index (χ4v) is 2.21. The lowest BCUT2D eigenvalue weighted by molar-refractivity contribution is 0.103. The Bertz CT molecular complexity index is 645. The van der Waals surface area contributed by atoms with Crippen LogP contribution in [-0.4, -0.2) is 5.78 Å². The number of ketones is 1. The first-order valence-electron chi connectivity index (χ1n) is 5.86. The molecule has 0 atom stereocenters. The molecule has 0 heterocycles. The van der Waals surface area contributed by atoms with Crippen LogP contribution < -0.4 is 11.5 Å². The molecule has 2 aromatic carbocycles. The van der Waals surface area contributed by atoms with E-state index in [1.807, 2.05) is 13.8 Å². The third-order valence-electron chi connectivity index (χ3n) is 2.99. The molecule has 4 heteroatoms. The average molecular weight is 275 g/mol. The zero-order chi connectivity index (χ0) is 14.2. The van der Waals surface area contributed by atoms with Gasteiger partial charge in [-0.05, 0) is 55.3 Å². The summed E-state index contributed by atoms with van der Waals surface area (Å²) in [7, 11) is 0. The number of halogens is 1. The van der Waals surface area contributed by atoms with Crippen molar-refractivity contribution >= 4 is 28.8 Å². The lowest BCUT2D eigenvalue weighted by Crippen LogP contribution is -2.06. The smallest absolute Gasteiger partial charge is 0.193 e. The van der Waals surface area contributed by atoms with Crippen LogP contribution in [0.3, 0.4) is 0 Å². The van der Waals surface area contributed by atoms with Crippen molar-refractivity contribution in [3.8, 4) is 0 Å². The Hall–Kier alpha value is -2.00. The molecule has 0 radical (unpaired) electrons. The lowest BCUT2D eigenvalue weighted by Gasteiger charge is -2.09. The quantitative estimate of drug-likeness (QED) is 0.652. The van der Waals surface area contributed by atoms with Crippen molar-refractivity contribution in [1.82, 2.24) is 0 Å². The Balaban J connectivity index is 2.53. The molecule has 3 nitrogen and oxygen atoms in total. The molecular weight excluding hydrogens is 260 g/mol. The third kappa shape index (κ3) is 2.71. The van der Waals surface area contributed by atoms with Crippen LogP contribution in [0, 0.1) is 13.8 Å². The van der Waals surface area contributed by atoms with E-state index in [0.29, 0.717) is 27.5 Å². The Morgan fingerprint density at radius 3 is 2.11 bits per heavy atom. The zero-order valence-corrected chi connectivity index (χ0v) is 11.6. The lowest BCUT2D eigenvalue weighted by atomic mass is 9.96. The van der Waals surface area contributed by atoms with Gasteiger partial charge in [-0.25, -0.2) is 0 Å². The molecule has 19 heavy (non-hydrogen) atoms. The van der Waals surface area contributed by atoms with Gasteiger partial charge < -0.3 is 11.5 Å². The molecular formula is C15H15ClN2O. The van der Waals surface area contributed by atoms with Gasteiger partial charge in [0.15, 0.2) is 5.78 Å². The second-order valence-corrected chi connectivity index (χ2v) is 5.04. The predicted molar refractivity (Wildman–Crippen MR) is 79.6 cm³/mol. The molecule has 0 aliphatic carbocycles. The second-order valence-electron chi connectivity index (χ2n) is 4.63. The summed E-state index contributed by atoms with van der Waals surface area (Å²) >= 11 is 6.04. The van der Waals surface area contributed by atoms with Crippen molar-refractivity contribution in [2.24, 2.45) is 0 Å². The third-order valence-corrected chi connectivity index (χ3v) is 3.40. The molecule has 0 saturated heterocycles. The molecule has 0 aliphatic rings. The summed E-state index contributed by atoms with van der Waals surface area (Å²) in [5.74, 6) is -0.101. The number of carbonyl (C=O) groups is 1. The Labute approximate surface area is 117 Å². The molecule has 0 unspecified atom stereocenters. The van der Waals surface area contributed by atoms with Crippen molar-refractivity contribution in [3.05, 3.63) is 57.6 Å². The highest BCUT2D eigenvalue weighted by Crippen LogP contribution is 2.24. The van der Waals surface area contributed by atoms with Crippen LogP contribution in [-0.2, 0) is 0 Å². The SMILES string of the molecule is Cc1cc(C(=O)c2cc(N)cc(N)c2)c(C)cc1Cl. The molecule has 2 rings (SSSR count). The number of hydrogen-bond acceptors (Lipinski definition) is 3. The van der Waals surface area contributed by atoms with Gasteiger partial charge in [-0.3, -0.25) is 4.79 Å². The van der Waals surface area contributed by atoms with Crippen LogP contribution in [0.4, 0.5) is 11.4 Å². The van der Waals surface area contributed by atoms with Crippen molar-refractivity contribution in [2.75, 3.05) is 11.5 Å². The fraction of sp³-hybridized carbons (Fsp3) is 0.133. The number of nitrogen functional groups attached to an aromatic ring is 2. The molecule has 0 spiro atoms. The van der Waals surface area contributed by atoms with E-state index in [9.17, 15) is 4.79 Å². The van der Waals surface area contributed by atoms with E-state index in [1.165, 1.54) is 0 Å². The Morgan fingerprint density at radius 1 is 0.947 bits per heavy atom. The summed E-state index contributed by atoms with van der Waals surface area (Å²) in [6, 6.07) is 8.46. The topological polar surface area (TPSA) is 69.1 Å². The molecule has 0 amide bonds. The second kappa shape index (κ2) is 4.94. The van der Waals surface area contributed by atoms with E-state index in [-0.39, 0.29) is 5.78 Å². The van der Waals surface area contributed by atoms with Gasteiger partial charge in [0.1, 0.15) is 0 Å². The Kier molecular flexibility index (Phi) is 3.49. The summed E-state index contributed by atoms with van der Waals surface area (Å²) in [4.78, 5) is 12.5. The molecule has 4 N–H and O–H groups in total. The number of anilines is 2. The summed E-state index contributed by atoms with van der Waals surface area (Å²) < 4.78 is 0. The monoisotopic (exact) mass is 274 g/mol. The normalized spacial score (nSPS) is 10.5. The van der Waals surface area contributed by atoms with Gasteiger partial charge in [0.25, 0.3) is 0 Å². The van der Waals surface area contributed by atoms with Crippen LogP contribution >= 0.6 is 11.6 Å². The van der Waals surface area contributed by atoms with Gasteiger partial charge in [-0.15, -0.1) is 0 Å². The zero-order valence-electron chi connectivity index (χ0n) is 10.8. The maximum atomic E-state index is 12.5. The van der Waals surface area contributed by atoms with Crippen LogP contribution in [0.15, 0.2) is 30.3 Å². The molecule has 0 saturated carbocycles. The van der Waals surface area contributed by atoms with E-state index < -0.39 is 0 Å². The molecule has 0 aliphatic heterocycles. The molecule has 0 fully saturated rings. The number of aryl methyl sites for hydroxylation is 2. The first-order valence-corrected chi connectivity index (χ1v) is 6.24. The molecule has 0 bridgehead atoms. The predicted octanol–water partition coefficient (Wildman–Crippen LogP) is 3.35. The van der Waals surface area contributed by atoms with Crippen molar-refractivity contribution in [1.29, 1.82) is 0 Å². The maximum Gasteiger partial charge on any atom is 0.193 e. The number of carbonyl (C=O) groups excluding carboxylic acids is 1. The van der Waals surface area contributed by atoms with Crippen molar-refractivity contribution in [3.63, 3.8) is 0 Å². The molecule has 0 aromatic heterocycles. The number of rotatable bonds is 2. The minimum Gasteiger partial charge on any atom is -0.399 e. The van der Waals surface area contributed by atoms with E-state index in [4.69, 9.17) is 23.1 Å². The highest BCUT2D eigenvalue weighted by Gasteiger charge is 2.14. The summed E-state index contributed by atoms with van der Waals surface area (Å²) in [6.45, 7) is 3.72. The number of nitrogens with two attached hydrogens (primary N) is 2. The fourth-order valence-electron chi connectivity index (χ4n) is 1.99. The van der Waals surface area contributed by atoms with Crippen LogP contribution in [0.1, 0.15) is 27.0 Å². The first-order chi connectivity index (χ1) is 8.88. The van der Waals surface area contributed by atoms with Gasteiger partial charge in [0, 0.05) is 27.5 Å². The van der Waals surface area contributed by atoms with E-state index in [0.717, 1.165) is 11.1 Å². The Morgan fingerprint density at radius 2 is 1.53 bits per heavy atom. The minimum atomic E-state index is -0.101. The average Bonchev–Trinajstić information content (AvgIpc) is 2.31. The van der Waals surface area contributed by atoms with Gasteiger partial charge in [-0.1, -0.05) is 11.6 Å². The first kappa shape index (κ1) is 13.4. The standard InChI is InChI=1S/C15H15ClN2O/c1-8-4-14(16)9(2)3-13(8)15(19)10-5-11(17)7-12(18)6-10/h3-7H,17-18H2,1-2H3. The van der Waals surface area contributed by atoms with E-state index >= 15 is 0 Å². The molecule has 2 aromatic rings.